The third-order valence-electron chi connectivity index (χ3n) is 14.7. The lowest BCUT2D eigenvalue weighted by molar-refractivity contribution is -0.197. The SMILES string of the molecule is CC(=O)CCCCCN.COC(=O)CCCCCNC(=O)c1cnc(SC)nc1.CS(=O)(=O)c1ncc(C(=O)NCCCCCC(=O)O)cn1.CS(=O)(=O)c1ncc(C(=O)NCCCCCC(=O)ON2C(=O)CCC2=O)cn1.CSc1ncc(C(=O)NCCCCCC(=O)O)cn1.CSc1ncc(C(=O)O)cn1.Cl.O=C1CCC(=O)N1O. The maximum Gasteiger partial charge on any atom is 0.338 e. The molecule has 0 saturated carbocycles. The summed E-state index contributed by atoms with van der Waals surface area (Å²) in [6.07, 6.45) is 34.0. The fourth-order valence-corrected chi connectivity index (χ4v) is 10.5. The molecule has 2 aliphatic heterocycles. The molecule has 7 heterocycles. The zero-order chi connectivity index (χ0) is 87.0. The van der Waals surface area contributed by atoms with E-state index < -0.39 is 79.0 Å². The predicted molar refractivity (Wildman–Crippen MR) is 425 cm³/mol. The van der Waals surface area contributed by atoms with Crippen LogP contribution in [0.15, 0.2) is 87.8 Å². The number of esters is 1. The van der Waals surface area contributed by atoms with Crippen molar-refractivity contribution < 1.29 is 114 Å². The van der Waals surface area contributed by atoms with Gasteiger partial charge in [0.05, 0.1) is 34.9 Å². The Labute approximate surface area is 695 Å². The van der Waals surface area contributed by atoms with Crippen molar-refractivity contribution in [2.75, 3.05) is 71.1 Å². The molecule has 2 saturated heterocycles. The van der Waals surface area contributed by atoms with Crippen LogP contribution in [-0.2, 0) is 72.4 Å². The number of unbranched alkanes of at least 4 members (excludes halogenated alkanes) is 10. The number of methoxy groups -OCH3 is 1. The third kappa shape index (κ3) is 49.4. The van der Waals surface area contributed by atoms with Crippen molar-refractivity contribution in [2.45, 2.75) is 187 Å². The molecule has 2 aliphatic rings. The Morgan fingerprint density at radius 3 is 0.949 bits per heavy atom. The number of ether oxygens (including phenoxy) is 1. The molecule has 8 amide bonds. The van der Waals surface area contributed by atoms with E-state index in [0.717, 1.165) is 102 Å². The van der Waals surface area contributed by atoms with Crippen LogP contribution in [0, 0.1) is 0 Å². The first kappa shape index (κ1) is 107. The lowest BCUT2D eigenvalue weighted by Gasteiger charge is -2.12. The van der Waals surface area contributed by atoms with Crippen molar-refractivity contribution in [2.24, 2.45) is 5.73 Å². The molecule has 0 bridgehead atoms. The summed E-state index contributed by atoms with van der Waals surface area (Å²) in [5.74, 6) is -6.44. The first-order valence-corrected chi connectivity index (χ1v) is 43.3. The van der Waals surface area contributed by atoms with E-state index in [1.54, 1.807) is 6.92 Å². The van der Waals surface area contributed by atoms with Gasteiger partial charge in [-0.3, -0.25) is 57.9 Å². The molecule has 7 rings (SSSR count). The standard InChI is InChI=1S/C16H20N4O7S.C13H19N3O3S.C12H17N3O5S.C12H17N3O3S.C7H15NO.C6H6N2O2S.C4H5NO3.ClH/c1-28(25,26)16-18-9-11(10-19-16)15(24)17-8-4-2-3-5-14(23)27-20-12(21)6-7-13(20)22;1-19-11(17)6-4-3-5-7-14-12(18)10-8-15-13(20-2)16-9-10;1-21(19,20)12-14-7-9(8-15-12)11(18)13-6-4-2-3-5-10(16)17;1-19-12-14-7-9(8-15-12)11(18)13-6-4-2-3-5-10(16)17;1-7(9)5-3-2-4-6-8;1-11-6-7-2-4(3-8-6)5(9)10;6-3-1-2-4(7)5(3)8;/h9-10H,2-8H2,1H3,(H,17,24);8-9H,3-7H2,1-2H3,(H,14,18);7-8H,2-6H2,1H3,(H,13,18)(H,16,17);7-8H,2-6H2,1H3,(H,13,18)(H,16,17);2-6,8H2,1H3;2-3H,1H3,(H,9,10);8H,1-2H2;1H. The summed E-state index contributed by atoms with van der Waals surface area (Å²) in [4.78, 5) is 197. The zero-order valence-electron chi connectivity index (χ0n) is 65.6. The molecule has 0 aromatic carbocycles. The molecule has 0 unspecified atom stereocenters. The number of hydrogen-bond donors (Lipinski definition) is 9. The van der Waals surface area contributed by atoms with Crippen LogP contribution >= 0.6 is 47.7 Å². The number of aromatic carboxylic acids is 1. The minimum atomic E-state index is -3.53. The van der Waals surface area contributed by atoms with Crippen molar-refractivity contribution in [3.8, 4) is 0 Å². The lowest BCUT2D eigenvalue weighted by Crippen LogP contribution is -2.31. The second-order valence-corrected chi connectivity index (χ2v) is 30.4. The van der Waals surface area contributed by atoms with Gasteiger partial charge in [-0.2, -0.15) is 5.06 Å². The van der Waals surface area contributed by atoms with E-state index in [0.29, 0.717) is 109 Å². The summed E-state index contributed by atoms with van der Waals surface area (Å²) >= 11 is 4.22. The number of Topliss-reactive ketones (excluding diaryl/α,β-unsaturated/α-hetero) is 1. The van der Waals surface area contributed by atoms with Crippen LogP contribution in [-0.4, -0.2) is 251 Å². The van der Waals surface area contributed by atoms with Gasteiger partial charge >= 0.3 is 29.8 Å². The lowest BCUT2D eigenvalue weighted by atomic mass is 10.1. The number of halogens is 1. The molecule has 0 atom stereocenters. The van der Waals surface area contributed by atoms with E-state index in [4.69, 9.17) is 31.1 Å². The van der Waals surface area contributed by atoms with Gasteiger partial charge in [0, 0.05) is 158 Å². The number of hydroxylamine groups is 4. The summed E-state index contributed by atoms with van der Waals surface area (Å²) in [5, 5.41) is 46.4. The van der Waals surface area contributed by atoms with Crippen molar-refractivity contribution in [3.05, 3.63) is 89.8 Å². The average molecular weight is 1760 g/mol. The number of sulfone groups is 2. The number of nitrogens with two attached hydrogens (primary N) is 1. The maximum atomic E-state index is 11.9. The molecule has 117 heavy (non-hydrogen) atoms. The van der Waals surface area contributed by atoms with Gasteiger partial charge < -0.3 is 56.7 Å². The highest BCUT2D eigenvalue weighted by molar-refractivity contribution is 7.98. The van der Waals surface area contributed by atoms with Crippen molar-refractivity contribution in [1.82, 2.24) is 81.2 Å². The van der Waals surface area contributed by atoms with Gasteiger partial charge in [-0.1, -0.05) is 67.4 Å². The van der Waals surface area contributed by atoms with E-state index in [1.807, 2.05) is 18.8 Å². The zero-order valence-corrected chi connectivity index (χ0v) is 70.5. The number of carbonyl (C=O) groups excluding carboxylic acids is 11. The fraction of sp³-hybridized carbons (Fsp3) is 0.514. The van der Waals surface area contributed by atoms with Gasteiger partial charge in [-0.15, -0.1) is 17.5 Å². The van der Waals surface area contributed by atoms with Gasteiger partial charge in [0.25, 0.3) is 47.3 Å². The molecular weight excluding hydrogens is 1660 g/mol. The molecule has 41 nitrogen and oxygen atoms in total. The van der Waals surface area contributed by atoms with Gasteiger partial charge in [0.1, 0.15) is 5.78 Å². The van der Waals surface area contributed by atoms with Gasteiger partial charge in [0.2, 0.25) is 30.0 Å². The Bertz CT molecular complexity index is 4180. The molecule has 5 aromatic heterocycles. The van der Waals surface area contributed by atoms with Gasteiger partial charge in [0.15, 0.2) is 15.5 Å². The fourth-order valence-electron chi connectivity index (χ4n) is 8.54. The van der Waals surface area contributed by atoms with E-state index >= 15 is 0 Å². The summed E-state index contributed by atoms with van der Waals surface area (Å²) < 4.78 is 49.4. The predicted octanol–water partition coefficient (Wildman–Crippen LogP) is 5.21. The Morgan fingerprint density at radius 1 is 0.419 bits per heavy atom. The molecule has 646 valence electrons. The number of thioether (sulfide) groups is 3. The number of amides is 8. The van der Waals surface area contributed by atoms with Crippen LogP contribution < -0.4 is 27.0 Å². The monoisotopic (exact) mass is 1760 g/mol. The average Bonchev–Trinajstić information content (AvgIpc) is 0.937. The van der Waals surface area contributed by atoms with Crippen molar-refractivity contribution in [1.29, 1.82) is 0 Å². The Morgan fingerprint density at radius 2 is 0.692 bits per heavy atom. The highest BCUT2D eigenvalue weighted by Gasteiger charge is 2.33. The van der Waals surface area contributed by atoms with Crippen LogP contribution in [0.1, 0.15) is 213 Å². The molecular formula is C70H100ClN17O24S5. The van der Waals surface area contributed by atoms with Crippen LogP contribution in [0.3, 0.4) is 0 Å². The molecule has 0 spiro atoms. The van der Waals surface area contributed by atoms with Crippen LogP contribution in [0.4, 0.5) is 0 Å². The number of nitrogens with one attached hydrogen (secondary N) is 4. The van der Waals surface area contributed by atoms with E-state index in [2.05, 4.69) is 75.8 Å². The molecule has 10 N–H and O–H groups in total. The topological polar surface area (TPSA) is 616 Å². The normalized spacial score (nSPS) is 11.8. The smallest absolute Gasteiger partial charge is 0.338 e. The molecule has 0 radical (unpaired) electrons. The highest BCUT2D eigenvalue weighted by atomic mass is 35.5. The number of imide groups is 2. The Kier molecular flexibility index (Phi) is 55.8. The molecule has 2 fully saturated rings. The number of rotatable bonds is 40. The highest BCUT2D eigenvalue weighted by Crippen LogP contribution is 2.16. The number of carboxylic acid groups (broad SMARTS) is 3. The second kappa shape index (κ2) is 61.1. The minimum Gasteiger partial charge on any atom is -0.481 e. The molecule has 0 aliphatic carbocycles. The second-order valence-electron chi connectivity index (χ2n) is 24.3. The van der Waals surface area contributed by atoms with Crippen LogP contribution in [0.5, 0.6) is 0 Å². The number of hydrogen-bond acceptors (Lipinski definition) is 35. The maximum absolute atomic E-state index is 11.9. The van der Waals surface area contributed by atoms with Gasteiger partial charge in [-0.25, -0.2) is 76.3 Å². The molecule has 47 heteroatoms. The summed E-state index contributed by atoms with van der Waals surface area (Å²) in [6, 6.07) is 0. The largest absolute Gasteiger partial charge is 0.481 e. The number of carboxylic acids is 3. The third-order valence-corrected chi connectivity index (χ3v) is 18.2. The first-order valence-electron chi connectivity index (χ1n) is 35.8. The Balaban J connectivity index is 0.00000139. The van der Waals surface area contributed by atoms with Crippen molar-refractivity contribution in [3.63, 3.8) is 0 Å². The van der Waals surface area contributed by atoms with E-state index in [9.17, 15) is 84.0 Å². The number of ketones is 1. The number of nitrogens with zero attached hydrogens (tertiary/aromatic N) is 12. The quantitative estimate of drug-likeness (QED) is 0.00607. The molecule has 5 aromatic rings. The Hall–Kier alpha value is -10.3. The first-order chi connectivity index (χ1) is 55.0. The van der Waals surface area contributed by atoms with Gasteiger partial charge in [-0.05, 0) is 96.4 Å². The summed E-state index contributed by atoms with van der Waals surface area (Å²) in [7, 11) is -5.63. The number of aromatic nitrogens is 10. The van der Waals surface area contributed by atoms with E-state index in [-0.39, 0.29) is 113 Å². The number of carbonyl (C=O) groups is 14. The van der Waals surface area contributed by atoms with Crippen LogP contribution in [0.2, 0.25) is 0 Å². The van der Waals surface area contributed by atoms with E-state index in [1.165, 1.54) is 79.6 Å². The number of aliphatic carboxylic acids is 2. The summed E-state index contributed by atoms with van der Waals surface area (Å²) in [5.41, 5.74) is 6.57. The van der Waals surface area contributed by atoms with Crippen LogP contribution in [0.25, 0.3) is 0 Å². The minimum absolute atomic E-state index is 0. The summed E-state index contributed by atoms with van der Waals surface area (Å²) in [6.45, 7) is 4.23. The van der Waals surface area contributed by atoms with Crippen molar-refractivity contribution >= 4 is 150 Å².